The molecule has 3 aliphatic carbocycles. The standard InChI is InChI=1S/C46H59N7O7/c1-45(2,34(30-17-11-9-12-18-30)19-13-10-15-23-49-52-47)32-26-39(57-5)42(40(27-32)58-6)33-25-31(35-28-36(33)46(35,3)4)29-48-41(54)20-14-7-8-16-24-59-38-22-21-37(53(55)56)43-44(38)51-60-50-43/h9,11-12,17-18,21-22,25-27,33-36H,7-8,10,13-16,19-20,23-24,28-29H2,1-6H3,(H,48,54)/t33-,34-,35+,36-/m0/s1. The van der Waals surface area contributed by atoms with Gasteiger partial charge in [0.25, 0.3) is 0 Å². The minimum atomic E-state index is -0.528. The summed E-state index contributed by atoms with van der Waals surface area (Å²) < 4.78 is 23.0. The van der Waals surface area contributed by atoms with E-state index >= 15 is 0 Å². The van der Waals surface area contributed by atoms with E-state index in [2.05, 4.69) is 102 Å². The molecule has 320 valence electrons. The number of nitro groups is 1. The number of hydrogen-bond acceptors (Lipinski definition) is 10. The number of carbonyl (C=O) groups excluding carboxylic acids is 1. The van der Waals surface area contributed by atoms with Crippen molar-refractivity contribution in [1.82, 2.24) is 15.6 Å². The van der Waals surface area contributed by atoms with Crippen molar-refractivity contribution in [2.24, 2.45) is 22.4 Å². The summed E-state index contributed by atoms with van der Waals surface area (Å²) in [6.45, 7) is 10.8. The van der Waals surface area contributed by atoms with Crippen LogP contribution in [0.25, 0.3) is 21.5 Å². The van der Waals surface area contributed by atoms with Gasteiger partial charge < -0.3 is 19.5 Å². The number of rotatable bonds is 23. The summed E-state index contributed by atoms with van der Waals surface area (Å²) in [5.74, 6) is 3.21. The van der Waals surface area contributed by atoms with Gasteiger partial charge >= 0.3 is 5.69 Å². The SMILES string of the molecule is COc1cc(C(C)(C)[C@@H](CCCCCN=[N+]=[N-])c2ccccc2)cc(OC)c1[C@H]1C=C(CNC(=O)CCCCCCOc2ccc([N+](=O)[O-])c3nonc23)[C@H]2C[C@@H]1C2(C)C. The van der Waals surface area contributed by atoms with Crippen molar-refractivity contribution in [2.75, 3.05) is 33.9 Å². The van der Waals surface area contributed by atoms with Crippen LogP contribution in [0.3, 0.4) is 0 Å². The monoisotopic (exact) mass is 821 g/mol. The van der Waals surface area contributed by atoms with Gasteiger partial charge in [-0.3, -0.25) is 14.9 Å². The fourth-order valence-corrected chi connectivity index (χ4v) is 9.66. The molecule has 3 aliphatic rings. The number of nitrogens with zero attached hydrogens (tertiary/aromatic N) is 6. The molecule has 1 saturated carbocycles. The Kier molecular flexibility index (Phi) is 14.4. The lowest BCUT2D eigenvalue weighted by Gasteiger charge is -2.59. The molecule has 1 heterocycles. The summed E-state index contributed by atoms with van der Waals surface area (Å²) in [5, 5.41) is 25.6. The molecule has 0 unspecified atom stereocenters. The molecular formula is C46H59N7O7. The molecule has 3 aromatic carbocycles. The summed E-state index contributed by atoms with van der Waals surface area (Å²) in [5.41, 5.74) is 13.4. The average molecular weight is 822 g/mol. The van der Waals surface area contributed by atoms with Crippen LogP contribution < -0.4 is 19.5 Å². The van der Waals surface area contributed by atoms with Gasteiger partial charge in [0.05, 0.1) is 25.7 Å². The summed E-state index contributed by atoms with van der Waals surface area (Å²) in [4.78, 5) is 26.7. The zero-order chi connectivity index (χ0) is 42.9. The van der Waals surface area contributed by atoms with Gasteiger partial charge in [-0.2, -0.15) is 0 Å². The van der Waals surface area contributed by atoms with Crippen LogP contribution in [-0.2, 0) is 10.2 Å². The van der Waals surface area contributed by atoms with Gasteiger partial charge in [-0.15, -0.1) is 0 Å². The van der Waals surface area contributed by atoms with Crippen molar-refractivity contribution in [3.63, 3.8) is 0 Å². The van der Waals surface area contributed by atoms with Crippen LogP contribution in [0.1, 0.15) is 120 Å². The molecule has 7 rings (SSSR count). The minimum Gasteiger partial charge on any atom is -0.496 e. The maximum Gasteiger partial charge on any atom is 0.301 e. The molecular weight excluding hydrogens is 763 g/mol. The van der Waals surface area contributed by atoms with Gasteiger partial charge in [-0.05, 0) is 106 Å². The summed E-state index contributed by atoms with van der Waals surface area (Å²) in [7, 11) is 3.49. The Morgan fingerprint density at radius 3 is 2.38 bits per heavy atom. The fraction of sp³-hybridized carbons (Fsp3) is 0.543. The molecule has 2 bridgehead atoms. The smallest absolute Gasteiger partial charge is 0.301 e. The number of unbranched alkanes of at least 4 members (excludes halogenated alkanes) is 5. The first-order chi connectivity index (χ1) is 28.9. The molecule has 1 N–H and O–H groups in total. The lowest BCUT2D eigenvalue weighted by molar-refractivity contribution is -0.383. The van der Waals surface area contributed by atoms with E-state index in [1.54, 1.807) is 14.2 Å². The molecule has 0 saturated heterocycles. The van der Waals surface area contributed by atoms with Crippen molar-refractivity contribution < 1.29 is 28.6 Å². The first kappa shape index (κ1) is 43.9. The van der Waals surface area contributed by atoms with E-state index in [1.807, 2.05) is 0 Å². The third kappa shape index (κ3) is 9.54. The van der Waals surface area contributed by atoms with E-state index in [4.69, 9.17) is 24.4 Å². The molecule has 14 heteroatoms. The molecule has 1 aromatic heterocycles. The van der Waals surface area contributed by atoms with Crippen molar-refractivity contribution in [3.8, 4) is 17.2 Å². The molecule has 0 radical (unpaired) electrons. The predicted octanol–water partition coefficient (Wildman–Crippen LogP) is 10.9. The molecule has 1 amide bonds. The van der Waals surface area contributed by atoms with Crippen molar-refractivity contribution >= 4 is 22.6 Å². The first-order valence-electron chi connectivity index (χ1n) is 21.2. The summed E-state index contributed by atoms with van der Waals surface area (Å²) in [6.07, 6.45) is 11.0. The molecule has 0 aliphatic heterocycles. The number of nitro benzene ring substituents is 1. The van der Waals surface area contributed by atoms with E-state index in [-0.39, 0.29) is 45.3 Å². The maximum atomic E-state index is 13.1. The van der Waals surface area contributed by atoms with E-state index in [0.29, 0.717) is 43.7 Å². The number of ether oxygens (including phenoxy) is 3. The number of nitrogens with one attached hydrogen (secondary N) is 1. The van der Waals surface area contributed by atoms with Crippen LogP contribution in [0.2, 0.25) is 0 Å². The highest BCUT2D eigenvalue weighted by Gasteiger charge is 2.56. The Morgan fingerprint density at radius 2 is 1.70 bits per heavy atom. The Balaban J connectivity index is 1.08. The third-order valence-corrected chi connectivity index (χ3v) is 13.2. The lowest BCUT2D eigenvalue weighted by Crippen LogP contribution is -2.52. The molecule has 14 nitrogen and oxygen atoms in total. The number of amides is 1. The number of carbonyl (C=O) groups is 1. The van der Waals surface area contributed by atoms with Crippen molar-refractivity contribution in [3.05, 3.63) is 103 Å². The maximum absolute atomic E-state index is 13.1. The fourth-order valence-electron chi connectivity index (χ4n) is 9.66. The van der Waals surface area contributed by atoms with Crippen LogP contribution in [0, 0.1) is 27.4 Å². The minimum absolute atomic E-state index is 0.0418. The summed E-state index contributed by atoms with van der Waals surface area (Å²) in [6, 6.07) is 18.0. The van der Waals surface area contributed by atoms with Crippen LogP contribution in [-0.4, -0.2) is 55.1 Å². The van der Waals surface area contributed by atoms with Crippen molar-refractivity contribution in [1.29, 1.82) is 0 Å². The summed E-state index contributed by atoms with van der Waals surface area (Å²) >= 11 is 0. The Labute approximate surface area is 352 Å². The number of fused-ring (bicyclic) bond motifs is 2. The van der Waals surface area contributed by atoms with E-state index in [0.717, 1.165) is 80.4 Å². The molecule has 4 atom stereocenters. The Morgan fingerprint density at radius 1 is 1.00 bits per heavy atom. The first-order valence-corrected chi connectivity index (χ1v) is 21.2. The quantitative estimate of drug-likeness (QED) is 0.0144. The second-order valence-electron chi connectivity index (χ2n) is 17.4. The predicted molar refractivity (Wildman–Crippen MR) is 230 cm³/mol. The van der Waals surface area contributed by atoms with Gasteiger partial charge in [0.1, 0.15) is 11.5 Å². The lowest BCUT2D eigenvalue weighted by atomic mass is 9.45. The van der Waals surface area contributed by atoms with Crippen LogP contribution in [0.4, 0.5) is 5.69 Å². The van der Waals surface area contributed by atoms with Crippen molar-refractivity contribution in [2.45, 2.75) is 109 Å². The number of benzene rings is 3. The second-order valence-corrected chi connectivity index (χ2v) is 17.4. The van der Waals surface area contributed by atoms with Gasteiger partial charge in [-0.25, -0.2) is 4.63 Å². The molecule has 0 spiro atoms. The zero-order valence-corrected chi connectivity index (χ0v) is 35.8. The van der Waals surface area contributed by atoms with E-state index in [9.17, 15) is 14.9 Å². The van der Waals surface area contributed by atoms with Gasteiger partial charge in [0, 0.05) is 42.0 Å². The highest BCUT2D eigenvalue weighted by Crippen LogP contribution is 2.65. The van der Waals surface area contributed by atoms with Gasteiger partial charge in [-0.1, -0.05) is 100 Å². The van der Waals surface area contributed by atoms with Crippen LogP contribution in [0.5, 0.6) is 17.2 Å². The number of azide groups is 1. The number of hydrogen-bond donors (Lipinski definition) is 1. The topological polar surface area (TPSA) is 188 Å². The van der Waals surface area contributed by atoms with E-state index < -0.39 is 4.92 Å². The number of allylic oxidation sites excluding steroid dienone is 1. The highest BCUT2D eigenvalue weighted by molar-refractivity contribution is 5.88. The Hall–Kier alpha value is -5.62. The average Bonchev–Trinajstić information content (AvgIpc) is 3.75. The Bertz CT molecular complexity index is 2170. The number of non-ortho nitro benzene ring substituents is 1. The zero-order valence-electron chi connectivity index (χ0n) is 35.8. The van der Waals surface area contributed by atoms with Gasteiger partial charge in [0.15, 0.2) is 11.3 Å². The van der Waals surface area contributed by atoms with Crippen LogP contribution >= 0.6 is 0 Å². The highest BCUT2D eigenvalue weighted by atomic mass is 16.6. The second kappa shape index (κ2) is 19.6. The number of methoxy groups -OCH3 is 2. The number of aromatic nitrogens is 2. The van der Waals surface area contributed by atoms with Crippen LogP contribution in [0.15, 0.2) is 76.0 Å². The van der Waals surface area contributed by atoms with E-state index in [1.165, 1.54) is 23.3 Å². The third-order valence-electron chi connectivity index (χ3n) is 13.2. The normalized spacial score (nSPS) is 18.4. The molecule has 60 heavy (non-hydrogen) atoms. The molecule has 1 fully saturated rings. The molecule has 4 aromatic rings. The van der Waals surface area contributed by atoms with Gasteiger partial charge in [0.2, 0.25) is 11.4 Å². The largest absolute Gasteiger partial charge is 0.496 e.